The van der Waals surface area contributed by atoms with Crippen LogP contribution < -0.4 is 0 Å². The number of carbonyl (C=O) groups is 2. The first-order chi connectivity index (χ1) is 15.0. The highest BCUT2D eigenvalue weighted by molar-refractivity contribution is 5.76. The zero-order valence-electron chi connectivity index (χ0n) is 19.5. The van der Waals surface area contributed by atoms with Gasteiger partial charge >= 0.3 is 11.9 Å². The van der Waals surface area contributed by atoms with Crippen LogP contribution in [0.15, 0.2) is 0 Å². The minimum Gasteiger partial charge on any atom is -0.462 e. The van der Waals surface area contributed by atoms with Gasteiger partial charge in [0.25, 0.3) is 0 Å². The number of rotatable bonds is 4. The van der Waals surface area contributed by atoms with Crippen molar-refractivity contribution in [3.05, 3.63) is 0 Å². The van der Waals surface area contributed by atoms with E-state index in [9.17, 15) is 19.8 Å². The summed E-state index contributed by atoms with van der Waals surface area (Å²) in [7, 11) is 0. The molecule has 0 aliphatic carbocycles. The van der Waals surface area contributed by atoms with Crippen LogP contribution in [0.2, 0.25) is 0 Å². The van der Waals surface area contributed by atoms with Gasteiger partial charge in [-0.2, -0.15) is 0 Å². The van der Waals surface area contributed by atoms with Crippen LogP contribution in [0.1, 0.15) is 47.0 Å². The van der Waals surface area contributed by atoms with Crippen molar-refractivity contribution in [2.75, 3.05) is 32.8 Å². The van der Waals surface area contributed by atoms with Crippen molar-refractivity contribution in [1.29, 1.82) is 0 Å². The summed E-state index contributed by atoms with van der Waals surface area (Å²) in [6.45, 7) is 10.3. The maximum Gasteiger partial charge on any atom is 0.311 e. The van der Waals surface area contributed by atoms with Gasteiger partial charge in [-0.15, -0.1) is 0 Å². The number of ether oxygens (including phenoxy) is 4. The standard InChI is InChI=1S/C23H37NO8/c1-13(2)20(26)31-17-10-22(4)18(25)11-23(28,32-22)14(3)9-16-19(17)15(21(27)30-16)12-24-5-7-29-8-6-24/h13-19,25,28H,5-12H2,1-4H3/t14-,15?,16+,17+,18-,19-,22+,23-/m0/s1. The number of fused-ring (bicyclic) bond motifs is 3. The molecule has 0 aromatic heterocycles. The Kier molecular flexibility index (Phi) is 6.59. The van der Waals surface area contributed by atoms with Crippen molar-refractivity contribution in [3.63, 3.8) is 0 Å². The molecule has 182 valence electrons. The van der Waals surface area contributed by atoms with Crippen molar-refractivity contribution in [2.45, 2.75) is 76.7 Å². The summed E-state index contributed by atoms with van der Waals surface area (Å²) in [5.41, 5.74) is -1.10. The van der Waals surface area contributed by atoms with Gasteiger partial charge in [-0.3, -0.25) is 14.5 Å². The van der Waals surface area contributed by atoms with Crippen LogP contribution in [-0.2, 0) is 28.5 Å². The van der Waals surface area contributed by atoms with Crippen molar-refractivity contribution in [1.82, 2.24) is 4.90 Å². The summed E-state index contributed by atoms with van der Waals surface area (Å²) in [6, 6.07) is 0. The predicted octanol–water partition coefficient (Wildman–Crippen LogP) is 0.703. The van der Waals surface area contributed by atoms with Crippen LogP contribution in [0.3, 0.4) is 0 Å². The third-order valence-electron chi connectivity index (χ3n) is 7.75. The van der Waals surface area contributed by atoms with Gasteiger partial charge < -0.3 is 29.2 Å². The van der Waals surface area contributed by atoms with E-state index in [2.05, 4.69) is 4.90 Å². The Morgan fingerprint density at radius 1 is 1.28 bits per heavy atom. The molecule has 1 unspecified atom stereocenters. The lowest BCUT2D eigenvalue weighted by Gasteiger charge is -2.37. The Hall–Kier alpha value is -1.26. The van der Waals surface area contributed by atoms with Gasteiger partial charge in [-0.1, -0.05) is 20.8 Å². The van der Waals surface area contributed by atoms with Gasteiger partial charge in [0.05, 0.1) is 36.8 Å². The summed E-state index contributed by atoms with van der Waals surface area (Å²) in [6.07, 6.45) is -1.48. The Morgan fingerprint density at radius 2 is 1.97 bits per heavy atom. The summed E-state index contributed by atoms with van der Waals surface area (Å²) >= 11 is 0. The Labute approximate surface area is 189 Å². The maximum absolute atomic E-state index is 13.0. The average molecular weight is 456 g/mol. The monoisotopic (exact) mass is 455 g/mol. The molecule has 4 fully saturated rings. The van der Waals surface area contributed by atoms with Gasteiger partial charge in [0.2, 0.25) is 0 Å². The first-order valence-electron chi connectivity index (χ1n) is 11.8. The van der Waals surface area contributed by atoms with E-state index in [1.807, 2.05) is 6.92 Å². The molecule has 4 heterocycles. The number of aliphatic hydroxyl groups excluding tert-OH is 1. The van der Waals surface area contributed by atoms with E-state index in [0.717, 1.165) is 13.1 Å². The number of nitrogens with zero attached hydrogens (tertiary/aromatic N) is 1. The van der Waals surface area contributed by atoms with Crippen molar-refractivity contribution in [3.8, 4) is 0 Å². The third-order valence-corrected chi connectivity index (χ3v) is 7.75. The van der Waals surface area contributed by atoms with E-state index < -0.39 is 35.6 Å². The van der Waals surface area contributed by atoms with Crippen LogP contribution in [0.25, 0.3) is 0 Å². The number of carbonyl (C=O) groups excluding carboxylic acids is 2. The molecule has 4 rings (SSSR count). The van der Waals surface area contributed by atoms with Gasteiger partial charge in [-0.25, -0.2) is 0 Å². The molecular weight excluding hydrogens is 418 g/mol. The zero-order chi connectivity index (χ0) is 23.3. The van der Waals surface area contributed by atoms with E-state index in [-0.39, 0.29) is 42.5 Å². The SMILES string of the molecule is CC(C)C(=O)O[C@@H]1C[C@@]2(C)O[C@@](O)(C[C@@H]2O)[C@@H](C)C[C@H]2OC(=O)C(CN3CCOCC3)[C@H]12. The normalized spacial score (nSPS) is 45.0. The average Bonchev–Trinajstić information content (AvgIpc) is 3.15. The fourth-order valence-electron chi connectivity index (χ4n) is 5.65. The third kappa shape index (κ3) is 4.42. The van der Waals surface area contributed by atoms with E-state index in [4.69, 9.17) is 18.9 Å². The fraction of sp³-hybridized carbons (Fsp3) is 0.913. The fourth-order valence-corrected chi connectivity index (χ4v) is 5.65. The molecule has 0 radical (unpaired) electrons. The van der Waals surface area contributed by atoms with Crippen LogP contribution in [0.5, 0.6) is 0 Å². The number of morpholine rings is 1. The Balaban J connectivity index is 1.68. The van der Waals surface area contributed by atoms with Gasteiger partial charge in [0.1, 0.15) is 12.2 Å². The molecule has 0 saturated carbocycles. The van der Waals surface area contributed by atoms with Crippen LogP contribution in [-0.4, -0.2) is 89.6 Å². The number of aliphatic hydroxyl groups is 2. The topological polar surface area (TPSA) is 115 Å². The number of esters is 2. The second-order valence-electron chi connectivity index (χ2n) is 10.5. The molecule has 4 aliphatic rings. The smallest absolute Gasteiger partial charge is 0.311 e. The Bertz CT molecular complexity index is 725. The number of hydrogen-bond acceptors (Lipinski definition) is 9. The summed E-state index contributed by atoms with van der Waals surface area (Å²) < 4.78 is 23.3. The first kappa shape index (κ1) is 23.9. The molecule has 32 heavy (non-hydrogen) atoms. The Morgan fingerprint density at radius 3 is 2.62 bits per heavy atom. The lowest BCUT2D eigenvalue weighted by molar-refractivity contribution is -0.253. The molecule has 0 aromatic carbocycles. The molecule has 2 bridgehead atoms. The summed E-state index contributed by atoms with van der Waals surface area (Å²) in [5, 5.41) is 22.0. The van der Waals surface area contributed by atoms with Gasteiger partial charge in [-0.05, 0) is 13.3 Å². The van der Waals surface area contributed by atoms with Crippen LogP contribution in [0.4, 0.5) is 0 Å². The second kappa shape index (κ2) is 8.83. The molecule has 9 heteroatoms. The first-order valence-corrected chi connectivity index (χ1v) is 11.8. The number of hydrogen-bond donors (Lipinski definition) is 2. The van der Waals surface area contributed by atoms with Crippen LogP contribution >= 0.6 is 0 Å². The molecular formula is C23H37NO8. The molecule has 0 aromatic rings. The van der Waals surface area contributed by atoms with Crippen molar-refractivity contribution in [2.24, 2.45) is 23.7 Å². The van der Waals surface area contributed by atoms with E-state index in [0.29, 0.717) is 26.2 Å². The van der Waals surface area contributed by atoms with E-state index in [1.165, 1.54) is 0 Å². The quantitative estimate of drug-likeness (QED) is 0.591. The molecule has 9 nitrogen and oxygen atoms in total. The maximum atomic E-state index is 13.0. The molecule has 8 atom stereocenters. The molecule has 0 amide bonds. The molecule has 0 spiro atoms. The predicted molar refractivity (Wildman–Crippen MR) is 112 cm³/mol. The second-order valence-corrected chi connectivity index (χ2v) is 10.5. The van der Waals surface area contributed by atoms with Crippen molar-refractivity contribution < 1.29 is 38.7 Å². The zero-order valence-corrected chi connectivity index (χ0v) is 19.5. The highest BCUT2D eigenvalue weighted by Gasteiger charge is 2.61. The highest BCUT2D eigenvalue weighted by Crippen LogP contribution is 2.50. The van der Waals surface area contributed by atoms with E-state index >= 15 is 0 Å². The summed E-state index contributed by atoms with van der Waals surface area (Å²) in [4.78, 5) is 27.9. The minimum atomic E-state index is -1.52. The van der Waals surface area contributed by atoms with Crippen LogP contribution in [0, 0.1) is 23.7 Å². The molecule has 2 N–H and O–H groups in total. The van der Waals surface area contributed by atoms with Gasteiger partial charge in [0, 0.05) is 44.3 Å². The molecule has 4 aliphatic heterocycles. The van der Waals surface area contributed by atoms with Gasteiger partial charge in [0.15, 0.2) is 5.79 Å². The lowest BCUT2D eigenvalue weighted by atomic mass is 9.75. The van der Waals surface area contributed by atoms with E-state index in [1.54, 1.807) is 20.8 Å². The lowest BCUT2D eigenvalue weighted by Crippen LogP contribution is -2.48. The molecule has 4 saturated heterocycles. The minimum absolute atomic E-state index is 0.0675. The summed E-state index contributed by atoms with van der Waals surface area (Å²) in [5.74, 6) is -3.75. The largest absolute Gasteiger partial charge is 0.462 e. The van der Waals surface area contributed by atoms with Crippen molar-refractivity contribution >= 4 is 11.9 Å². The highest BCUT2D eigenvalue weighted by atomic mass is 16.7.